The van der Waals surface area contributed by atoms with Crippen LogP contribution in [-0.2, 0) is 0 Å². The average molecular weight is 171 g/mol. The van der Waals surface area contributed by atoms with Crippen LogP contribution in [0, 0.1) is 5.21 Å². The zero-order valence-corrected chi connectivity index (χ0v) is 7.99. The van der Waals surface area contributed by atoms with Gasteiger partial charge < -0.3 is 16.0 Å². The molecule has 12 heavy (non-hydrogen) atoms. The Morgan fingerprint density at radius 2 is 2.08 bits per heavy atom. The van der Waals surface area contributed by atoms with Crippen LogP contribution in [-0.4, -0.2) is 23.2 Å². The normalized spacial score (nSPS) is 31.5. The van der Waals surface area contributed by atoms with E-state index < -0.39 is 0 Å². The Morgan fingerprint density at radius 3 is 2.58 bits per heavy atom. The number of hydrogen-bond donors (Lipinski definition) is 1. The molecule has 0 amide bonds. The van der Waals surface area contributed by atoms with Crippen LogP contribution in [0.15, 0.2) is 0 Å². The topological polar surface area (TPSA) is 52.3 Å². The van der Waals surface area contributed by atoms with Gasteiger partial charge in [0.05, 0.1) is 0 Å². The number of hydroxylamine groups is 2. The van der Waals surface area contributed by atoms with Gasteiger partial charge in [-0.15, -0.1) is 0 Å². The molecule has 3 heteroatoms. The fourth-order valence-corrected chi connectivity index (χ4v) is 1.85. The van der Waals surface area contributed by atoms with Crippen molar-refractivity contribution in [1.82, 2.24) is 5.06 Å². The zero-order chi connectivity index (χ0) is 9.14. The molecule has 3 nitrogen and oxygen atoms in total. The summed E-state index contributed by atoms with van der Waals surface area (Å²) in [5.41, 5.74) is 5.80. The molecular weight excluding hydrogens is 152 g/mol. The molecule has 1 fully saturated rings. The van der Waals surface area contributed by atoms with Gasteiger partial charge in [-0.1, -0.05) is 20.3 Å². The summed E-state index contributed by atoms with van der Waals surface area (Å²) >= 11 is 0. The third-order valence-electron chi connectivity index (χ3n) is 2.56. The van der Waals surface area contributed by atoms with Crippen LogP contribution in [0.5, 0.6) is 0 Å². The van der Waals surface area contributed by atoms with Gasteiger partial charge in [-0.2, -0.15) is 0 Å². The molecule has 2 unspecified atom stereocenters. The quantitative estimate of drug-likeness (QED) is 0.640. The van der Waals surface area contributed by atoms with Gasteiger partial charge in [-0.05, 0) is 31.3 Å². The second-order valence-electron chi connectivity index (χ2n) is 4.03. The lowest BCUT2D eigenvalue weighted by Crippen LogP contribution is -2.42. The molecule has 0 bridgehead atoms. The molecule has 0 aromatic carbocycles. The van der Waals surface area contributed by atoms with Crippen LogP contribution in [0.1, 0.15) is 39.5 Å². The second-order valence-corrected chi connectivity index (χ2v) is 4.03. The Hall–Kier alpha value is -0.120. The molecule has 0 aromatic rings. The minimum absolute atomic E-state index is 0.0975. The highest BCUT2D eigenvalue weighted by molar-refractivity contribution is 4.83. The third kappa shape index (κ3) is 2.44. The van der Waals surface area contributed by atoms with E-state index in [4.69, 9.17) is 5.73 Å². The van der Waals surface area contributed by atoms with E-state index in [1.165, 1.54) is 5.06 Å². The summed E-state index contributed by atoms with van der Waals surface area (Å²) in [5, 5.41) is 12.7. The van der Waals surface area contributed by atoms with Gasteiger partial charge in [0, 0.05) is 6.04 Å². The van der Waals surface area contributed by atoms with Gasteiger partial charge in [0.25, 0.3) is 0 Å². The Kier molecular flexibility index (Phi) is 3.50. The van der Waals surface area contributed by atoms with Gasteiger partial charge in [0.2, 0.25) is 0 Å². The average Bonchev–Trinajstić information content (AvgIpc) is 2.03. The fraction of sp³-hybridized carbons (Fsp3) is 1.00. The maximum Gasteiger partial charge on any atom is 0.00534 e. The molecule has 1 aliphatic carbocycles. The van der Waals surface area contributed by atoms with Crippen molar-refractivity contribution in [3.63, 3.8) is 0 Å². The Balaban J connectivity index is 2.40. The monoisotopic (exact) mass is 171 g/mol. The van der Waals surface area contributed by atoms with Gasteiger partial charge >= 0.3 is 0 Å². The van der Waals surface area contributed by atoms with E-state index in [9.17, 15) is 5.21 Å². The highest BCUT2D eigenvalue weighted by atomic mass is 16.5. The van der Waals surface area contributed by atoms with E-state index in [1.807, 2.05) is 13.8 Å². The predicted molar refractivity (Wildman–Crippen MR) is 50.6 cm³/mol. The van der Waals surface area contributed by atoms with Crippen molar-refractivity contribution in [2.24, 2.45) is 5.73 Å². The van der Waals surface area contributed by atoms with Crippen LogP contribution in [0.4, 0.5) is 0 Å². The molecule has 1 aliphatic rings. The largest absolute Gasteiger partial charge is 0.785 e. The summed E-state index contributed by atoms with van der Waals surface area (Å²) in [4.78, 5) is 0. The highest BCUT2D eigenvalue weighted by Gasteiger charge is 2.20. The van der Waals surface area contributed by atoms with Gasteiger partial charge in [0.15, 0.2) is 0 Å². The molecule has 1 saturated carbocycles. The van der Waals surface area contributed by atoms with E-state index in [0.717, 1.165) is 25.7 Å². The van der Waals surface area contributed by atoms with Gasteiger partial charge in [-0.3, -0.25) is 0 Å². The summed E-state index contributed by atoms with van der Waals surface area (Å²) < 4.78 is 0. The number of rotatable bonds is 2. The first-order valence-electron chi connectivity index (χ1n) is 4.82. The maximum absolute atomic E-state index is 11.5. The lowest BCUT2D eigenvalue weighted by Gasteiger charge is -2.43. The van der Waals surface area contributed by atoms with E-state index in [1.54, 1.807) is 0 Å². The summed E-state index contributed by atoms with van der Waals surface area (Å²) in [6, 6.07) is 0.521. The molecule has 2 atom stereocenters. The van der Waals surface area contributed by atoms with Crippen molar-refractivity contribution in [2.75, 3.05) is 0 Å². The molecule has 2 N–H and O–H groups in total. The Bertz CT molecular complexity index is 138. The molecule has 0 spiro atoms. The minimum Gasteiger partial charge on any atom is -0.785 e. The van der Waals surface area contributed by atoms with Crippen molar-refractivity contribution in [1.29, 1.82) is 0 Å². The second kappa shape index (κ2) is 4.21. The number of nitrogens with zero attached hydrogens (tertiary/aromatic N) is 1. The molecule has 0 aliphatic heterocycles. The van der Waals surface area contributed by atoms with Crippen molar-refractivity contribution >= 4 is 0 Å². The lowest BCUT2D eigenvalue weighted by molar-refractivity contribution is 0.172. The maximum atomic E-state index is 11.5. The minimum atomic E-state index is 0.0975. The van der Waals surface area contributed by atoms with E-state index >= 15 is 0 Å². The van der Waals surface area contributed by atoms with Crippen LogP contribution in [0.2, 0.25) is 0 Å². The Morgan fingerprint density at radius 1 is 1.42 bits per heavy atom. The Labute approximate surface area is 74.5 Å². The lowest BCUT2D eigenvalue weighted by atomic mass is 9.91. The molecule has 1 rings (SSSR count). The van der Waals surface area contributed by atoms with Gasteiger partial charge in [0.1, 0.15) is 0 Å². The van der Waals surface area contributed by atoms with Crippen LogP contribution in [0.3, 0.4) is 0 Å². The standard InChI is InChI=1S/C9H19N2O/c1-7(2)11(12)9-5-3-4-8(10)6-9/h7-9H,3-6,10H2,1-2H3/q-1. The molecule has 72 valence electrons. The summed E-state index contributed by atoms with van der Waals surface area (Å²) in [6.45, 7) is 3.88. The zero-order valence-electron chi connectivity index (χ0n) is 7.99. The molecule has 0 saturated heterocycles. The molecule has 0 radical (unpaired) electrons. The van der Waals surface area contributed by atoms with Crippen molar-refractivity contribution in [2.45, 2.75) is 57.7 Å². The summed E-state index contributed by atoms with van der Waals surface area (Å²) in [6.07, 6.45) is 4.09. The summed E-state index contributed by atoms with van der Waals surface area (Å²) in [5.74, 6) is 0. The molecular formula is C9H19N2O-. The van der Waals surface area contributed by atoms with Crippen molar-refractivity contribution in [3.05, 3.63) is 5.21 Å². The van der Waals surface area contributed by atoms with Crippen LogP contribution < -0.4 is 5.73 Å². The predicted octanol–water partition coefficient (Wildman–Crippen LogP) is 1.46. The van der Waals surface area contributed by atoms with Crippen molar-refractivity contribution < 1.29 is 0 Å². The van der Waals surface area contributed by atoms with E-state index in [2.05, 4.69) is 0 Å². The molecule has 0 aromatic heterocycles. The van der Waals surface area contributed by atoms with Crippen molar-refractivity contribution in [3.8, 4) is 0 Å². The van der Waals surface area contributed by atoms with E-state index in [-0.39, 0.29) is 18.1 Å². The van der Waals surface area contributed by atoms with Crippen LogP contribution >= 0.6 is 0 Å². The van der Waals surface area contributed by atoms with Crippen LogP contribution in [0.25, 0.3) is 0 Å². The van der Waals surface area contributed by atoms with E-state index in [0.29, 0.717) is 0 Å². The van der Waals surface area contributed by atoms with Gasteiger partial charge in [-0.25, -0.2) is 0 Å². The fourth-order valence-electron chi connectivity index (χ4n) is 1.85. The SMILES string of the molecule is CC(C)N([O-])C1CCCC(N)C1. The third-order valence-corrected chi connectivity index (χ3v) is 2.56. The molecule has 0 heterocycles. The first-order valence-corrected chi connectivity index (χ1v) is 4.82. The highest BCUT2D eigenvalue weighted by Crippen LogP contribution is 2.22. The number of nitrogens with two attached hydrogens (primary N) is 1. The summed E-state index contributed by atoms with van der Waals surface area (Å²) in [7, 11) is 0. The smallest absolute Gasteiger partial charge is 0.00534 e. The first kappa shape index (κ1) is 9.96. The first-order chi connectivity index (χ1) is 5.61. The number of hydrogen-bond acceptors (Lipinski definition) is 3.